The minimum atomic E-state index is -1.63. The minimum Gasteiger partial charge on any atom is -0.469 e. The van der Waals surface area contributed by atoms with Gasteiger partial charge in [0.2, 0.25) is 5.91 Å². The number of benzene rings is 1. The fourth-order valence-corrected chi connectivity index (χ4v) is 2.07. The summed E-state index contributed by atoms with van der Waals surface area (Å²) in [7, 11) is 0. The van der Waals surface area contributed by atoms with Gasteiger partial charge in [0.25, 0.3) is 0 Å². The molecule has 4 nitrogen and oxygen atoms in total. The van der Waals surface area contributed by atoms with Gasteiger partial charge in [0.05, 0.1) is 12.8 Å². The van der Waals surface area contributed by atoms with Crippen LogP contribution in [0.15, 0.2) is 41.0 Å². The van der Waals surface area contributed by atoms with E-state index in [1.54, 1.807) is 12.1 Å². The van der Waals surface area contributed by atoms with E-state index in [1.165, 1.54) is 19.3 Å². The van der Waals surface area contributed by atoms with Crippen LogP contribution in [-0.4, -0.2) is 17.6 Å². The minimum absolute atomic E-state index is 0.0692. The first-order valence-corrected chi connectivity index (χ1v) is 6.85. The lowest BCUT2D eigenvalue weighted by atomic mass is 9.95. The van der Waals surface area contributed by atoms with Crippen LogP contribution < -0.4 is 5.32 Å². The predicted octanol–water partition coefficient (Wildman–Crippen LogP) is 2.51. The zero-order valence-corrected chi connectivity index (χ0v) is 12.1. The third-order valence-corrected chi connectivity index (χ3v) is 3.32. The molecule has 2 N–H and O–H groups in total. The number of hydrogen-bond acceptors (Lipinski definition) is 3. The summed E-state index contributed by atoms with van der Waals surface area (Å²) in [4.78, 5) is 11.7. The number of halogens is 2. The third kappa shape index (κ3) is 4.14. The zero-order valence-electron chi connectivity index (χ0n) is 12.1. The number of amides is 1. The Hall–Kier alpha value is -2.21. The van der Waals surface area contributed by atoms with Crippen molar-refractivity contribution in [2.75, 3.05) is 6.54 Å². The van der Waals surface area contributed by atoms with Crippen molar-refractivity contribution in [2.24, 2.45) is 0 Å². The summed E-state index contributed by atoms with van der Waals surface area (Å²) in [5, 5.41) is 12.8. The van der Waals surface area contributed by atoms with Crippen molar-refractivity contribution in [3.05, 3.63) is 59.6 Å². The van der Waals surface area contributed by atoms with Crippen LogP contribution in [-0.2, 0) is 16.8 Å². The highest BCUT2D eigenvalue weighted by atomic mass is 19.1. The van der Waals surface area contributed by atoms with Crippen molar-refractivity contribution in [1.29, 1.82) is 0 Å². The maximum atomic E-state index is 13.7. The summed E-state index contributed by atoms with van der Waals surface area (Å²) in [5.74, 6) is -1.18. The molecule has 6 heteroatoms. The monoisotopic (exact) mass is 309 g/mol. The van der Waals surface area contributed by atoms with Gasteiger partial charge in [-0.3, -0.25) is 4.79 Å². The molecule has 0 unspecified atom stereocenters. The van der Waals surface area contributed by atoms with Gasteiger partial charge in [0, 0.05) is 24.5 Å². The van der Waals surface area contributed by atoms with Gasteiger partial charge in [-0.25, -0.2) is 8.78 Å². The Bertz CT molecular complexity index is 639. The molecule has 1 atom stereocenters. The summed E-state index contributed by atoms with van der Waals surface area (Å²) in [6, 6.07) is 6.42. The molecule has 0 bridgehead atoms. The molecule has 0 saturated carbocycles. The molecule has 1 amide bonds. The van der Waals surface area contributed by atoms with Gasteiger partial charge in [0.15, 0.2) is 0 Å². The highest BCUT2D eigenvalue weighted by Gasteiger charge is 2.27. The summed E-state index contributed by atoms with van der Waals surface area (Å²) in [6.07, 6.45) is 2.15. The summed E-state index contributed by atoms with van der Waals surface area (Å²) >= 11 is 0. The molecule has 2 rings (SSSR count). The van der Waals surface area contributed by atoms with Gasteiger partial charge < -0.3 is 14.8 Å². The average molecular weight is 309 g/mol. The standard InChI is InChI=1S/C16H17F2NO3/c1-16(21,13-6-4-11(17)9-14(13)18)10-19-15(20)7-5-12-3-2-8-22-12/h2-4,6,8-9,21H,5,7,10H2,1H3,(H,19,20)/t16-/m1/s1. The summed E-state index contributed by atoms with van der Waals surface area (Å²) in [6.45, 7) is 1.18. The fourth-order valence-electron chi connectivity index (χ4n) is 2.07. The molecule has 2 aromatic rings. The number of rotatable bonds is 6. The zero-order chi connectivity index (χ0) is 16.2. The Kier molecular flexibility index (Phi) is 4.92. The number of carbonyl (C=O) groups is 1. The van der Waals surface area contributed by atoms with E-state index in [2.05, 4.69) is 5.32 Å². The number of aryl methyl sites for hydroxylation is 1. The van der Waals surface area contributed by atoms with E-state index in [-0.39, 0.29) is 24.4 Å². The van der Waals surface area contributed by atoms with Crippen molar-refractivity contribution in [2.45, 2.75) is 25.4 Å². The lowest BCUT2D eigenvalue weighted by molar-refractivity contribution is -0.122. The molecule has 0 aliphatic heterocycles. The molecule has 118 valence electrons. The second kappa shape index (κ2) is 6.70. The second-order valence-electron chi connectivity index (χ2n) is 5.25. The molecule has 0 fully saturated rings. The lowest BCUT2D eigenvalue weighted by Gasteiger charge is -2.24. The van der Waals surface area contributed by atoms with Crippen molar-refractivity contribution < 1.29 is 23.1 Å². The predicted molar refractivity (Wildman–Crippen MR) is 76.0 cm³/mol. The van der Waals surface area contributed by atoms with Crippen LogP contribution in [0, 0.1) is 11.6 Å². The van der Waals surface area contributed by atoms with E-state index in [0.717, 1.165) is 6.07 Å². The second-order valence-corrected chi connectivity index (χ2v) is 5.25. The van der Waals surface area contributed by atoms with Crippen molar-refractivity contribution in [1.82, 2.24) is 5.32 Å². The Morgan fingerprint density at radius 1 is 1.36 bits per heavy atom. The van der Waals surface area contributed by atoms with E-state index >= 15 is 0 Å². The van der Waals surface area contributed by atoms with E-state index in [9.17, 15) is 18.7 Å². The molecule has 0 aliphatic carbocycles. The largest absolute Gasteiger partial charge is 0.469 e. The summed E-state index contributed by atoms with van der Waals surface area (Å²) in [5.41, 5.74) is -1.70. The average Bonchev–Trinajstić information content (AvgIpc) is 2.96. The van der Waals surface area contributed by atoms with E-state index in [0.29, 0.717) is 18.2 Å². The molecule has 0 aliphatic rings. The molecule has 0 saturated heterocycles. The lowest BCUT2D eigenvalue weighted by Crippen LogP contribution is -2.39. The first-order valence-electron chi connectivity index (χ1n) is 6.85. The maximum absolute atomic E-state index is 13.7. The molecule has 1 aromatic heterocycles. The Balaban J connectivity index is 1.90. The first-order chi connectivity index (χ1) is 10.4. The molecule has 22 heavy (non-hydrogen) atoms. The number of carbonyl (C=O) groups excluding carboxylic acids is 1. The molecular weight excluding hydrogens is 292 g/mol. The topological polar surface area (TPSA) is 62.5 Å². The molecule has 0 spiro atoms. The molecule has 1 heterocycles. The maximum Gasteiger partial charge on any atom is 0.220 e. The quantitative estimate of drug-likeness (QED) is 0.862. The normalized spacial score (nSPS) is 13.6. The van der Waals surface area contributed by atoms with Crippen LogP contribution in [0.3, 0.4) is 0 Å². The SMILES string of the molecule is C[C@@](O)(CNC(=O)CCc1ccco1)c1ccc(F)cc1F. The fraction of sp³-hybridized carbons (Fsp3) is 0.312. The van der Waals surface area contributed by atoms with E-state index in [4.69, 9.17) is 4.42 Å². The van der Waals surface area contributed by atoms with Crippen molar-refractivity contribution >= 4 is 5.91 Å². The van der Waals surface area contributed by atoms with Crippen LogP contribution in [0.4, 0.5) is 8.78 Å². The van der Waals surface area contributed by atoms with Gasteiger partial charge in [-0.15, -0.1) is 0 Å². The number of aliphatic hydroxyl groups is 1. The van der Waals surface area contributed by atoms with Gasteiger partial charge in [-0.1, -0.05) is 6.07 Å². The van der Waals surface area contributed by atoms with Crippen molar-refractivity contribution in [3.63, 3.8) is 0 Å². The highest BCUT2D eigenvalue weighted by molar-refractivity contribution is 5.76. The van der Waals surface area contributed by atoms with Crippen LogP contribution in [0.5, 0.6) is 0 Å². The van der Waals surface area contributed by atoms with Gasteiger partial charge >= 0.3 is 0 Å². The first kappa shape index (κ1) is 16.2. The van der Waals surface area contributed by atoms with Crippen LogP contribution in [0.25, 0.3) is 0 Å². The van der Waals surface area contributed by atoms with E-state index in [1.807, 2.05) is 0 Å². The van der Waals surface area contributed by atoms with Crippen LogP contribution in [0.2, 0.25) is 0 Å². The number of hydrogen-bond donors (Lipinski definition) is 2. The number of nitrogens with one attached hydrogen (secondary N) is 1. The van der Waals surface area contributed by atoms with E-state index < -0.39 is 17.2 Å². The molecular formula is C16H17F2NO3. The molecule has 0 radical (unpaired) electrons. The van der Waals surface area contributed by atoms with Gasteiger partial charge in [0.1, 0.15) is 23.0 Å². The van der Waals surface area contributed by atoms with Gasteiger partial charge in [-0.05, 0) is 25.1 Å². The Morgan fingerprint density at radius 2 is 2.14 bits per heavy atom. The Morgan fingerprint density at radius 3 is 2.77 bits per heavy atom. The third-order valence-electron chi connectivity index (χ3n) is 3.32. The van der Waals surface area contributed by atoms with Crippen LogP contribution >= 0.6 is 0 Å². The number of furan rings is 1. The van der Waals surface area contributed by atoms with Crippen molar-refractivity contribution in [3.8, 4) is 0 Å². The van der Waals surface area contributed by atoms with Crippen LogP contribution in [0.1, 0.15) is 24.7 Å². The smallest absolute Gasteiger partial charge is 0.220 e. The van der Waals surface area contributed by atoms with Gasteiger partial charge in [-0.2, -0.15) is 0 Å². The summed E-state index contributed by atoms with van der Waals surface area (Å²) < 4.78 is 31.7. The highest BCUT2D eigenvalue weighted by Crippen LogP contribution is 2.23. The Labute approximate surface area is 126 Å². The molecule has 1 aromatic carbocycles.